The van der Waals surface area contributed by atoms with Crippen LogP contribution >= 0.6 is 0 Å². The summed E-state index contributed by atoms with van der Waals surface area (Å²) in [5.41, 5.74) is 1.12. The molecule has 5 heteroatoms. The number of ether oxygens (including phenoxy) is 2. The average molecular weight is 306 g/mol. The Morgan fingerprint density at radius 2 is 2.00 bits per heavy atom. The first-order valence-electron chi connectivity index (χ1n) is 7.92. The zero-order valence-electron chi connectivity index (χ0n) is 13.3. The lowest BCUT2D eigenvalue weighted by atomic mass is 10.1. The van der Waals surface area contributed by atoms with Gasteiger partial charge < -0.3 is 19.7 Å². The molecule has 0 aliphatic carbocycles. The zero-order valence-corrected chi connectivity index (χ0v) is 13.3. The van der Waals surface area contributed by atoms with Gasteiger partial charge in [-0.05, 0) is 31.5 Å². The second kappa shape index (κ2) is 9.56. The van der Waals surface area contributed by atoms with E-state index in [1.807, 2.05) is 30.3 Å². The van der Waals surface area contributed by atoms with Crippen molar-refractivity contribution in [1.29, 1.82) is 0 Å². The van der Waals surface area contributed by atoms with Crippen LogP contribution in [-0.2, 0) is 20.8 Å². The van der Waals surface area contributed by atoms with Crippen molar-refractivity contribution in [2.75, 3.05) is 40.0 Å². The summed E-state index contributed by atoms with van der Waals surface area (Å²) >= 11 is 0. The van der Waals surface area contributed by atoms with Gasteiger partial charge in [-0.15, -0.1) is 0 Å². The lowest BCUT2D eigenvalue weighted by Gasteiger charge is -2.26. The maximum absolute atomic E-state index is 12.4. The first-order chi connectivity index (χ1) is 10.8. The van der Waals surface area contributed by atoms with Crippen molar-refractivity contribution in [1.82, 2.24) is 10.2 Å². The van der Waals surface area contributed by atoms with E-state index in [2.05, 4.69) is 5.32 Å². The number of methoxy groups -OCH3 is 1. The van der Waals surface area contributed by atoms with Crippen LogP contribution in [-0.4, -0.2) is 56.9 Å². The van der Waals surface area contributed by atoms with E-state index in [1.165, 1.54) is 0 Å². The Morgan fingerprint density at radius 3 is 2.68 bits per heavy atom. The third-order valence-electron chi connectivity index (χ3n) is 3.86. The van der Waals surface area contributed by atoms with Crippen LogP contribution in [0, 0.1) is 0 Å². The predicted octanol–water partition coefficient (Wildman–Crippen LogP) is 1.43. The number of carbonyl (C=O) groups is 1. The van der Waals surface area contributed by atoms with E-state index in [1.54, 1.807) is 12.0 Å². The van der Waals surface area contributed by atoms with Gasteiger partial charge in [-0.2, -0.15) is 0 Å². The minimum Gasteiger partial charge on any atom is -0.383 e. The number of nitrogens with zero attached hydrogens (tertiary/aromatic N) is 1. The summed E-state index contributed by atoms with van der Waals surface area (Å²) in [5, 5.41) is 3.29. The SMILES string of the molecule is COCCN(Cc1ccccc1)C(=O)COC1CCNCC1. The van der Waals surface area contributed by atoms with Crippen LogP contribution in [0.1, 0.15) is 18.4 Å². The van der Waals surface area contributed by atoms with E-state index in [0.29, 0.717) is 19.7 Å². The summed E-state index contributed by atoms with van der Waals surface area (Å²) in [6.07, 6.45) is 2.15. The highest BCUT2D eigenvalue weighted by molar-refractivity contribution is 5.77. The third-order valence-corrected chi connectivity index (χ3v) is 3.86. The average Bonchev–Trinajstić information content (AvgIpc) is 2.58. The summed E-state index contributed by atoms with van der Waals surface area (Å²) in [5.74, 6) is 0.0273. The van der Waals surface area contributed by atoms with Gasteiger partial charge in [0.15, 0.2) is 0 Å². The van der Waals surface area contributed by atoms with Crippen LogP contribution in [0.2, 0.25) is 0 Å². The van der Waals surface area contributed by atoms with Crippen LogP contribution in [0.25, 0.3) is 0 Å². The summed E-state index contributed by atoms with van der Waals surface area (Å²) < 4.78 is 10.9. The fraction of sp³-hybridized carbons (Fsp3) is 0.588. The molecule has 22 heavy (non-hydrogen) atoms. The van der Waals surface area contributed by atoms with Crippen LogP contribution in [0.5, 0.6) is 0 Å². The Bertz CT molecular complexity index is 433. The van der Waals surface area contributed by atoms with E-state index >= 15 is 0 Å². The Morgan fingerprint density at radius 1 is 1.27 bits per heavy atom. The molecule has 0 bridgehead atoms. The smallest absolute Gasteiger partial charge is 0.248 e. The molecular weight excluding hydrogens is 280 g/mol. The third kappa shape index (κ3) is 5.75. The molecule has 1 heterocycles. The largest absolute Gasteiger partial charge is 0.383 e. The minimum absolute atomic E-state index is 0.0273. The van der Waals surface area contributed by atoms with Crippen molar-refractivity contribution in [3.8, 4) is 0 Å². The van der Waals surface area contributed by atoms with E-state index in [0.717, 1.165) is 31.5 Å². The quantitative estimate of drug-likeness (QED) is 0.789. The van der Waals surface area contributed by atoms with Gasteiger partial charge in [-0.25, -0.2) is 0 Å². The standard InChI is InChI=1S/C17H26N2O3/c1-21-12-11-19(13-15-5-3-2-4-6-15)17(20)14-22-16-7-9-18-10-8-16/h2-6,16,18H,7-14H2,1H3. The first kappa shape index (κ1) is 16.9. The molecule has 0 spiro atoms. The second-order valence-electron chi connectivity index (χ2n) is 5.55. The normalized spacial score (nSPS) is 15.7. The van der Waals surface area contributed by atoms with Crippen molar-refractivity contribution >= 4 is 5.91 Å². The molecule has 0 aromatic heterocycles. The number of rotatable bonds is 8. The Balaban J connectivity index is 1.84. The van der Waals surface area contributed by atoms with Gasteiger partial charge in [0.25, 0.3) is 0 Å². The summed E-state index contributed by atoms with van der Waals surface area (Å²) in [4.78, 5) is 14.2. The molecule has 5 nitrogen and oxygen atoms in total. The molecule has 122 valence electrons. The van der Waals surface area contributed by atoms with Crippen LogP contribution in [0.4, 0.5) is 0 Å². The van der Waals surface area contributed by atoms with Gasteiger partial charge >= 0.3 is 0 Å². The van der Waals surface area contributed by atoms with Crippen LogP contribution < -0.4 is 5.32 Å². The van der Waals surface area contributed by atoms with E-state index in [4.69, 9.17) is 9.47 Å². The molecule has 1 aliphatic rings. The highest BCUT2D eigenvalue weighted by Crippen LogP contribution is 2.09. The summed E-state index contributed by atoms with van der Waals surface area (Å²) in [6.45, 7) is 3.80. The molecule has 1 N–H and O–H groups in total. The number of hydrogen-bond acceptors (Lipinski definition) is 4. The topological polar surface area (TPSA) is 50.8 Å². The maximum Gasteiger partial charge on any atom is 0.248 e. The van der Waals surface area contributed by atoms with Gasteiger partial charge in [0.1, 0.15) is 6.61 Å². The fourth-order valence-corrected chi connectivity index (χ4v) is 2.54. The Labute approximate surface area is 132 Å². The molecule has 1 aromatic carbocycles. The lowest BCUT2D eigenvalue weighted by molar-refractivity contribution is -0.140. The van der Waals surface area contributed by atoms with Crippen molar-refractivity contribution in [2.45, 2.75) is 25.5 Å². The Kier molecular flexibility index (Phi) is 7.36. The molecule has 0 radical (unpaired) electrons. The number of hydrogen-bond donors (Lipinski definition) is 1. The molecular formula is C17H26N2O3. The van der Waals surface area contributed by atoms with Gasteiger partial charge in [-0.3, -0.25) is 4.79 Å². The number of benzene rings is 1. The van der Waals surface area contributed by atoms with E-state index in [-0.39, 0.29) is 18.6 Å². The number of amides is 1. The number of carbonyl (C=O) groups excluding carboxylic acids is 1. The molecule has 1 fully saturated rings. The van der Waals surface area contributed by atoms with Crippen molar-refractivity contribution in [2.24, 2.45) is 0 Å². The maximum atomic E-state index is 12.4. The van der Waals surface area contributed by atoms with Crippen molar-refractivity contribution in [3.05, 3.63) is 35.9 Å². The molecule has 1 aliphatic heterocycles. The fourth-order valence-electron chi connectivity index (χ4n) is 2.54. The summed E-state index contributed by atoms with van der Waals surface area (Å²) in [7, 11) is 1.65. The molecule has 0 unspecified atom stereocenters. The highest BCUT2D eigenvalue weighted by atomic mass is 16.5. The van der Waals surface area contributed by atoms with E-state index < -0.39 is 0 Å². The lowest BCUT2D eigenvalue weighted by Crippen LogP contribution is -2.39. The van der Waals surface area contributed by atoms with Crippen LogP contribution in [0.15, 0.2) is 30.3 Å². The van der Waals surface area contributed by atoms with Gasteiger partial charge in [0.05, 0.1) is 12.7 Å². The number of nitrogens with one attached hydrogen (secondary N) is 1. The first-order valence-corrected chi connectivity index (χ1v) is 7.92. The molecule has 1 amide bonds. The van der Waals surface area contributed by atoms with E-state index in [9.17, 15) is 4.79 Å². The molecule has 2 rings (SSSR count). The Hall–Kier alpha value is -1.43. The van der Waals surface area contributed by atoms with Crippen LogP contribution in [0.3, 0.4) is 0 Å². The number of piperidine rings is 1. The zero-order chi connectivity index (χ0) is 15.6. The molecule has 1 aromatic rings. The predicted molar refractivity (Wildman–Crippen MR) is 85.6 cm³/mol. The molecule has 1 saturated heterocycles. The van der Waals surface area contributed by atoms with Gasteiger partial charge in [0, 0.05) is 20.2 Å². The van der Waals surface area contributed by atoms with Crippen molar-refractivity contribution < 1.29 is 14.3 Å². The highest BCUT2D eigenvalue weighted by Gasteiger charge is 2.18. The van der Waals surface area contributed by atoms with Gasteiger partial charge in [-0.1, -0.05) is 30.3 Å². The molecule has 0 saturated carbocycles. The second-order valence-corrected chi connectivity index (χ2v) is 5.55. The minimum atomic E-state index is 0.0273. The monoisotopic (exact) mass is 306 g/mol. The molecule has 0 atom stereocenters. The summed E-state index contributed by atoms with van der Waals surface area (Å²) in [6, 6.07) is 10.0. The van der Waals surface area contributed by atoms with Crippen molar-refractivity contribution in [3.63, 3.8) is 0 Å². The van der Waals surface area contributed by atoms with Gasteiger partial charge in [0.2, 0.25) is 5.91 Å².